The summed E-state index contributed by atoms with van der Waals surface area (Å²) in [7, 11) is -2.47. The van der Waals surface area contributed by atoms with Crippen molar-refractivity contribution in [3.05, 3.63) is 59.8 Å². The molecule has 1 aromatic carbocycles. The fourth-order valence-corrected chi connectivity index (χ4v) is 5.92. The highest BCUT2D eigenvalue weighted by Crippen LogP contribution is 2.34. The summed E-state index contributed by atoms with van der Waals surface area (Å²) >= 11 is 0. The van der Waals surface area contributed by atoms with E-state index in [0.29, 0.717) is 36.3 Å². The van der Waals surface area contributed by atoms with Crippen molar-refractivity contribution >= 4 is 21.4 Å². The van der Waals surface area contributed by atoms with E-state index in [1.807, 2.05) is 13.8 Å². The summed E-state index contributed by atoms with van der Waals surface area (Å²) in [6, 6.07) is 9.06. The highest BCUT2D eigenvalue weighted by atomic mass is 32.2. The molecule has 0 aliphatic carbocycles. The lowest BCUT2D eigenvalue weighted by atomic mass is 10.0. The lowest BCUT2D eigenvalue weighted by Crippen LogP contribution is -2.08. The monoisotopic (exact) mass is 532 g/mol. The summed E-state index contributed by atoms with van der Waals surface area (Å²) in [6.45, 7) is 4.65. The largest absolute Gasteiger partial charge is 0.493 e. The Bertz CT molecular complexity index is 1380. The molecule has 10 heteroatoms. The highest BCUT2D eigenvalue weighted by molar-refractivity contribution is 7.92. The molecule has 0 saturated carbocycles. The van der Waals surface area contributed by atoms with Crippen molar-refractivity contribution in [3.8, 4) is 22.8 Å². The number of rotatable bonds is 3. The van der Waals surface area contributed by atoms with E-state index in [1.165, 1.54) is 24.3 Å². The van der Waals surface area contributed by atoms with E-state index in [0.717, 1.165) is 37.4 Å². The molecule has 2 aromatic heterocycles. The molecule has 0 amide bonds. The summed E-state index contributed by atoms with van der Waals surface area (Å²) in [5.41, 5.74) is 1.40. The van der Waals surface area contributed by atoms with E-state index in [1.54, 1.807) is 18.4 Å². The van der Waals surface area contributed by atoms with Gasteiger partial charge in [0.15, 0.2) is 0 Å². The first-order valence-corrected chi connectivity index (χ1v) is 14.5. The third-order valence-corrected chi connectivity index (χ3v) is 7.36. The number of ether oxygens (including phenoxy) is 2. The Labute approximate surface area is 218 Å². The fourth-order valence-electron chi connectivity index (χ4n) is 4.17. The molecule has 4 bridgehead atoms. The van der Waals surface area contributed by atoms with Crippen molar-refractivity contribution < 1.29 is 23.9 Å². The number of anilines is 2. The smallest absolute Gasteiger partial charge is 0.215 e. The number of aromatic nitrogens is 2. The number of fused-ring (bicyclic) bond motifs is 6. The zero-order valence-corrected chi connectivity index (χ0v) is 22.1. The van der Waals surface area contributed by atoms with Crippen LogP contribution in [0.5, 0.6) is 11.6 Å². The summed E-state index contributed by atoms with van der Waals surface area (Å²) in [5.74, 6) is 0.629. The molecule has 1 aliphatic rings. The lowest BCUT2D eigenvalue weighted by Gasteiger charge is -2.14. The number of hydrogen-bond donors (Lipinski definition) is 1. The Balaban J connectivity index is 0.00000400. The standard InChI is InChI=1S/C27H32F2N4O3S.H2/c1-18(2)33-37(3,34)17-19-12-26-31-25-15-22(23(29)16-30-25)21-9-8-20(28)14-24(21)35-10-6-4-5-7-11-36-27(13-19)32-26;/h8-9,12-16,18H,4-7,10-11,17H2,1-3H3,(H,30,31,32);1H. The molecule has 4 rings (SSSR count). The number of nitrogens with one attached hydrogen (secondary N) is 1. The van der Waals surface area contributed by atoms with Gasteiger partial charge in [-0.05, 0) is 69.4 Å². The van der Waals surface area contributed by atoms with Gasteiger partial charge in [-0.15, -0.1) is 0 Å². The molecule has 1 N–H and O–H groups in total. The molecule has 3 aromatic rings. The zero-order chi connectivity index (χ0) is 26.4. The van der Waals surface area contributed by atoms with Crippen molar-refractivity contribution in [2.45, 2.75) is 51.3 Å². The number of hydrogen-bond acceptors (Lipinski definition) is 7. The molecule has 1 atom stereocenters. The van der Waals surface area contributed by atoms with Crippen LogP contribution in [0.15, 0.2) is 47.0 Å². The van der Waals surface area contributed by atoms with Gasteiger partial charge >= 0.3 is 0 Å². The second-order valence-corrected chi connectivity index (χ2v) is 11.8. The molecule has 200 valence electrons. The predicted molar refractivity (Wildman–Crippen MR) is 144 cm³/mol. The Hall–Kier alpha value is -3.27. The van der Waals surface area contributed by atoms with Gasteiger partial charge in [-0.3, -0.25) is 0 Å². The number of nitrogens with zero attached hydrogens (tertiary/aromatic N) is 3. The van der Waals surface area contributed by atoms with Crippen molar-refractivity contribution in [2.24, 2.45) is 4.36 Å². The predicted octanol–water partition coefficient (Wildman–Crippen LogP) is 6.75. The summed E-state index contributed by atoms with van der Waals surface area (Å²) in [6.07, 6.45) is 6.14. The molecule has 0 fully saturated rings. The van der Waals surface area contributed by atoms with Crippen LogP contribution in [0.1, 0.15) is 46.5 Å². The Kier molecular flexibility index (Phi) is 8.58. The van der Waals surface area contributed by atoms with Gasteiger partial charge in [-0.1, -0.05) is 0 Å². The van der Waals surface area contributed by atoms with Gasteiger partial charge < -0.3 is 14.8 Å². The van der Waals surface area contributed by atoms with Gasteiger partial charge in [0.2, 0.25) is 5.88 Å². The molecule has 7 nitrogen and oxygen atoms in total. The second kappa shape index (κ2) is 11.9. The molecule has 0 spiro atoms. The van der Waals surface area contributed by atoms with E-state index >= 15 is 0 Å². The Morgan fingerprint density at radius 2 is 1.78 bits per heavy atom. The zero-order valence-electron chi connectivity index (χ0n) is 21.3. The van der Waals surface area contributed by atoms with Gasteiger partial charge in [0.1, 0.15) is 29.0 Å². The van der Waals surface area contributed by atoms with Gasteiger partial charge in [-0.25, -0.2) is 22.3 Å². The lowest BCUT2D eigenvalue weighted by molar-refractivity contribution is 0.281. The average Bonchev–Trinajstić information content (AvgIpc) is 2.80. The van der Waals surface area contributed by atoms with Crippen LogP contribution in [0.2, 0.25) is 0 Å². The molecule has 37 heavy (non-hydrogen) atoms. The SMILES string of the molecule is CC(C)N=S(C)(=O)Cc1cc2nc(c1)OCCCCCCOc1cc(F)ccc1-c1cc(ncc1F)N2.[HH]. The quantitative estimate of drug-likeness (QED) is 0.402. The van der Waals surface area contributed by atoms with Gasteiger partial charge in [0.25, 0.3) is 0 Å². The van der Waals surface area contributed by atoms with E-state index in [2.05, 4.69) is 19.6 Å². The number of pyridine rings is 2. The minimum atomic E-state index is -2.47. The second-order valence-electron chi connectivity index (χ2n) is 9.43. The van der Waals surface area contributed by atoms with Gasteiger partial charge in [-0.2, -0.15) is 4.98 Å². The van der Waals surface area contributed by atoms with E-state index in [-0.39, 0.29) is 24.5 Å². The van der Waals surface area contributed by atoms with Crippen molar-refractivity contribution in [1.29, 1.82) is 0 Å². The minimum absolute atomic E-state index is 0. The molecule has 3 heterocycles. The van der Waals surface area contributed by atoms with Crippen LogP contribution in [0.4, 0.5) is 20.4 Å². The third kappa shape index (κ3) is 7.61. The topological polar surface area (TPSA) is 85.7 Å². The number of halogens is 2. The van der Waals surface area contributed by atoms with Crippen molar-refractivity contribution in [2.75, 3.05) is 24.8 Å². The molecule has 1 unspecified atom stereocenters. The maximum atomic E-state index is 14.9. The first-order valence-electron chi connectivity index (χ1n) is 12.4. The van der Waals surface area contributed by atoms with E-state index < -0.39 is 21.4 Å². The van der Waals surface area contributed by atoms with Crippen molar-refractivity contribution in [3.63, 3.8) is 0 Å². The number of benzene rings is 1. The fraction of sp³-hybridized carbons (Fsp3) is 0.407. The molecular weight excluding hydrogens is 498 g/mol. The average molecular weight is 533 g/mol. The Morgan fingerprint density at radius 1 is 1.03 bits per heavy atom. The van der Waals surface area contributed by atoms with Crippen LogP contribution in [0.3, 0.4) is 0 Å². The molecule has 0 radical (unpaired) electrons. The van der Waals surface area contributed by atoms with Crippen LogP contribution in [0.25, 0.3) is 11.1 Å². The molecular formula is C27H34F2N4O3S. The van der Waals surface area contributed by atoms with Crippen LogP contribution in [-0.4, -0.2) is 39.7 Å². The molecule has 0 saturated heterocycles. The normalized spacial score (nSPS) is 15.8. The summed E-state index contributed by atoms with van der Waals surface area (Å²) in [4.78, 5) is 8.70. The minimum Gasteiger partial charge on any atom is -0.493 e. The highest BCUT2D eigenvalue weighted by Gasteiger charge is 2.16. The molecule has 1 aliphatic heterocycles. The maximum Gasteiger partial charge on any atom is 0.215 e. The van der Waals surface area contributed by atoms with E-state index in [4.69, 9.17) is 9.47 Å². The van der Waals surface area contributed by atoms with Crippen LogP contribution < -0.4 is 14.8 Å². The first kappa shape index (κ1) is 26.8. The first-order chi connectivity index (χ1) is 17.7. The van der Waals surface area contributed by atoms with Gasteiger partial charge in [0, 0.05) is 40.7 Å². The van der Waals surface area contributed by atoms with Gasteiger partial charge in [0.05, 0.1) is 31.2 Å². The van der Waals surface area contributed by atoms with Crippen LogP contribution >= 0.6 is 0 Å². The van der Waals surface area contributed by atoms with E-state index in [9.17, 15) is 13.0 Å². The van der Waals surface area contributed by atoms with Crippen LogP contribution in [-0.2, 0) is 15.5 Å². The maximum absolute atomic E-state index is 14.9. The Morgan fingerprint density at radius 3 is 2.54 bits per heavy atom. The summed E-state index contributed by atoms with van der Waals surface area (Å²) in [5, 5.41) is 3.11. The third-order valence-electron chi connectivity index (χ3n) is 5.62. The summed E-state index contributed by atoms with van der Waals surface area (Å²) < 4.78 is 58.0. The van der Waals surface area contributed by atoms with Crippen molar-refractivity contribution in [1.82, 2.24) is 9.97 Å². The van der Waals surface area contributed by atoms with Crippen LogP contribution in [0, 0.1) is 11.6 Å².